The van der Waals surface area contributed by atoms with E-state index in [-0.39, 0.29) is 0 Å². The first-order chi connectivity index (χ1) is 13.9. The molecular formula is C26H42O2. The van der Waals surface area contributed by atoms with Gasteiger partial charge in [0.2, 0.25) is 0 Å². The fourth-order valence-electron chi connectivity index (χ4n) is 3.51. The number of rotatable bonds is 18. The fourth-order valence-corrected chi connectivity index (χ4v) is 3.51. The van der Waals surface area contributed by atoms with Gasteiger partial charge in [0, 0.05) is 0 Å². The number of ether oxygens (including phenoxy) is 2. The van der Waals surface area contributed by atoms with E-state index < -0.39 is 0 Å². The van der Waals surface area contributed by atoms with Gasteiger partial charge in [-0.2, -0.15) is 0 Å². The zero-order valence-corrected chi connectivity index (χ0v) is 18.2. The van der Waals surface area contributed by atoms with Crippen molar-refractivity contribution in [3.8, 4) is 5.75 Å². The normalized spacial score (nSPS) is 16.0. The standard InChI is InChI=1S/C26H42O2/c1-2-3-4-5-6-7-8-9-10-11-12-13-14-15-16-17-24-18-20-25(21-19-24)27-22-26-23-28-26/h4-5,18-21,26H,2-3,6-17,22-23H2,1H3/b5-4+. The van der Waals surface area contributed by atoms with Crippen molar-refractivity contribution in [2.24, 2.45) is 0 Å². The highest BCUT2D eigenvalue weighted by molar-refractivity contribution is 5.27. The highest BCUT2D eigenvalue weighted by atomic mass is 16.6. The first-order valence-corrected chi connectivity index (χ1v) is 11.9. The van der Waals surface area contributed by atoms with E-state index in [4.69, 9.17) is 9.47 Å². The van der Waals surface area contributed by atoms with Gasteiger partial charge in [0.1, 0.15) is 18.5 Å². The third-order valence-corrected chi connectivity index (χ3v) is 5.47. The Balaban J connectivity index is 1.33. The van der Waals surface area contributed by atoms with Crippen LogP contribution in [0.5, 0.6) is 5.75 Å². The summed E-state index contributed by atoms with van der Waals surface area (Å²) in [5, 5.41) is 0. The summed E-state index contributed by atoms with van der Waals surface area (Å²) in [4.78, 5) is 0. The SMILES string of the molecule is CCC/C=C/CCCCCCCCCCCCc1ccc(OCC2CO2)cc1. The van der Waals surface area contributed by atoms with Crippen LogP contribution in [0.4, 0.5) is 0 Å². The first-order valence-electron chi connectivity index (χ1n) is 11.9. The summed E-state index contributed by atoms with van der Waals surface area (Å²) in [6, 6.07) is 8.61. The minimum absolute atomic E-state index is 0.331. The van der Waals surface area contributed by atoms with Gasteiger partial charge in [-0.15, -0.1) is 0 Å². The molecule has 1 saturated heterocycles. The summed E-state index contributed by atoms with van der Waals surface area (Å²) in [6.45, 7) is 3.79. The van der Waals surface area contributed by atoms with E-state index in [1.54, 1.807) is 0 Å². The van der Waals surface area contributed by atoms with Crippen LogP contribution in [0.15, 0.2) is 36.4 Å². The molecule has 0 aromatic heterocycles. The van der Waals surface area contributed by atoms with Crippen LogP contribution in [0, 0.1) is 0 Å². The van der Waals surface area contributed by atoms with Crippen LogP contribution in [-0.2, 0) is 11.2 Å². The Morgan fingerprint density at radius 3 is 2.00 bits per heavy atom. The van der Waals surface area contributed by atoms with E-state index in [2.05, 4.69) is 43.3 Å². The summed E-state index contributed by atoms with van der Waals surface area (Å²) in [5.74, 6) is 0.965. The van der Waals surface area contributed by atoms with Gasteiger partial charge >= 0.3 is 0 Å². The van der Waals surface area contributed by atoms with Gasteiger partial charge in [0.05, 0.1) is 6.61 Å². The number of unbranched alkanes of at least 4 members (excludes halogenated alkanes) is 11. The predicted octanol–water partition coefficient (Wildman–Crippen LogP) is 7.65. The first kappa shape index (κ1) is 23.0. The minimum Gasteiger partial charge on any atom is -0.491 e. The topological polar surface area (TPSA) is 21.8 Å². The number of hydrogen-bond acceptors (Lipinski definition) is 2. The van der Waals surface area contributed by atoms with Crippen molar-refractivity contribution >= 4 is 0 Å². The van der Waals surface area contributed by atoms with Crippen molar-refractivity contribution in [1.82, 2.24) is 0 Å². The molecule has 0 bridgehead atoms. The van der Waals surface area contributed by atoms with Gasteiger partial charge in [-0.05, 0) is 49.8 Å². The molecule has 0 radical (unpaired) electrons. The fraction of sp³-hybridized carbons (Fsp3) is 0.692. The Hall–Kier alpha value is -1.28. The molecule has 1 unspecified atom stereocenters. The number of hydrogen-bond donors (Lipinski definition) is 0. The predicted molar refractivity (Wildman–Crippen MR) is 120 cm³/mol. The molecule has 0 N–H and O–H groups in total. The van der Waals surface area contributed by atoms with Crippen molar-refractivity contribution in [3.05, 3.63) is 42.0 Å². The van der Waals surface area contributed by atoms with E-state index in [1.165, 1.54) is 95.5 Å². The van der Waals surface area contributed by atoms with Gasteiger partial charge in [0.15, 0.2) is 0 Å². The Kier molecular flexibility index (Phi) is 12.8. The zero-order chi connectivity index (χ0) is 19.7. The molecule has 2 rings (SSSR count). The quantitative estimate of drug-likeness (QED) is 0.147. The van der Waals surface area contributed by atoms with Crippen LogP contribution in [0.25, 0.3) is 0 Å². The second kappa shape index (κ2) is 15.6. The molecule has 158 valence electrons. The maximum Gasteiger partial charge on any atom is 0.119 e. The Morgan fingerprint density at radius 1 is 0.821 bits per heavy atom. The maximum absolute atomic E-state index is 5.69. The third kappa shape index (κ3) is 12.2. The second-order valence-corrected chi connectivity index (χ2v) is 8.24. The van der Waals surface area contributed by atoms with Crippen LogP contribution in [0.2, 0.25) is 0 Å². The smallest absolute Gasteiger partial charge is 0.119 e. The summed E-state index contributed by atoms with van der Waals surface area (Å²) >= 11 is 0. The van der Waals surface area contributed by atoms with E-state index >= 15 is 0 Å². The lowest BCUT2D eigenvalue weighted by molar-refractivity contribution is 0.263. The van der Waals surface area contributed by atoms with Crippen LogP contribution < -0.4 is 4.74 Å². The van der Waals surface area contributed by atoms with E-state index in [1.807, 2.05) is 0 Å². The van der Waals surface area contributed by atoms with Crippen LogP contribution in [-0.4, -0.2) is 19.3 Å². The van der Waals surface area contributed by atoms with Crippen LogP contribution in [0.3, 0.4) is 0 Å². The lowest BCUT2D eigenvalue weighted by Gasteiger charge is -2.06. The Morgan fingerprint density at radius 2 is 1.39 bits per heavy atom. The lowest BCUT2D eigenvalue weighted by Crippen LogP contribution is -2.03. The zero-order valence-electron chi connectivity index (χ0n) is 18.2. The summed E-state index contributed by atoms with van der Waals surface area (Å²) < 4.78 is 10.9. The van der Waals surface area contributed by atoms with Crippen molar-refractivity contribution < 1.29 is 9.47 Å². The number of benzene rings is 1. The molecule has 1 aliphatic heterocycles. The van der Waals surface area contributed by atoms with Gasteiger partial charge in [-0.1, -0.05) is 89.0 Å². The molecule has 0 amide bonds. The lowest BCUT2D eigenvalue weighted by atomic mass is 10.0. The summed E-state index contributed by atoms with van der Waals surface area (Å²) in [7, 11) is 0. The average molecular weight is 387 g/mol. The van der Waals surface area contributed by atoms with Gasteiger partial charge < -0.3 is 9.47 Å². The monoisotopic (exact) mass is 386 g/mol. The number of epoxide rings is 1. The molecular weight excluding hydrogens is 344 g/mol. The Labute approximate surface area is 173 Å². The molecule has 1 heterocycles. The Bertz CT molecular complexity index is 502. The van der Waals surface area contributed by atoms with Gasteiger partial charge in [-0.25, -0.2) is 0 Å². The molecule has 2 heteroatoms. The highest BCUT2D eigenvalue weighted by Gasteiger charge is 2.22. The van der Waals surface area contributed by atoms with E-state index in [0.717, 1.165) is 12.4 Å². The van der Waals surface area contributed by atoms with Crippen LogP contribution >= 0.6 is 0 Å². The summed E-state index contributed by atoms with van der Waals surface area (Å²) in [5.41, 5.74) is 1.43. The molecule has 0 spiro atoms. The van der Waals surface area contributed by atoms with Gasteiger partial charge in [0.25, 0.3) is 0 Å². The van der Waals surface area contributed by atoms with Crippen molar-refractivity contribution in [2.75, 3.05) is 13.2 Å². The summed E-state index contributed by atoms with van der Waals surface area (Å²) in [6.07, 6.45) is 24.0. The van der Waals surface area contributed by atoms with Crippen molar-refractivity contribution in [3.63, 3.8) is 0 Å². The molecule has 1 aromatic carbocycles. The molecule has 1 aromatic rings. The van der Waals surface area contributed by atoms with E-state index in [9.17, 15) is 0 Å². The molecule has 1 fully saturated rings. The second-order valence-electron chi connectivity index (χ2n) is 8.24. The van der Waals surface area contributed by atoms with Crippen molar-refractivity contribution in [1.29, 1.82) is 0 Å². The maximum atomic E-state index is 5.69. The molecule has 2 nitrogen and oxygen atoms in total. The number of aryl methyl sites for hydroxylation is 1. The van der Waals surface area contributed by atoms with E-state index in [0.29, 0.717) is 12.7 Å². The molecule has 0 aliphatic carbocycles. The van der Waals surface area contributed by atoms with Crippen molar-refractivity contribution in [2.45, 2.75) is 103 Å². The molecule has 1 atom stereocenters. The highest BCUT2D eigenvalue weighted by Crippen LogP contribution is 2.18. The largest absolute Gasteiger partial charge is 0.491 e. The van der Waals surface area contributed by atoms with Gasteiger partial charge in [-0.3, -0.25) is 0 Å². The minimum atomic E-state index is 0.331. The molecule has 28 heavy (non-hydrogen) atoms. The van der Waals surface area contributed by atoms with Crippen LogP contribution in [0.1, 0.15) is 96.0 Å². The molecule has 1 aliphatic rings. The molecule has 0 saturated carbocycles. The third-order valence-electron chi connectivity index (χ3n) is 5.47. The number of allylic oxidation sites excluding steroid dienone is 2. The average Bonchev–Trinajstić information content (AvgIpc) is 3.55.